The zero-order valence-corrected chi connectivity index (χ0v) is 15.9. The maximum atomic E-state index is 12.4. The van der Waals surface area contributed by atoms with Crippen molar-refractivity contribution in [3.63, 3.8) is 0 Å². The Morgan fingerprint density at radius 1 is 1.46 bits per heavy atom. The van der Waals surface area contributed by atoms with Crippen molar-refractivity contribution in [3.05, 3.63) is 16.1 Å². The van der Waals surface area contributed by atoms with Gasteiger partial charge >= 0.3 is 0 Å². The van der Waals surface area contributed by atoms with E-state index in [1.165, 1.54) is 4.88 Å². The van der Waals surface area contributed by atoms with E-state index in [1.54, 1.807) is 24.0 Å². The number of hydrogen-bond donors (Lipinski definition) is 2. The van der Waals surface area contributed by atoms with Crippen LogP contribution in [0.4, 0.5) is 0 Å². The lowest BCUT2D eigenvalue weighted by atomic mass is 9.83. The second kappa shape index (κ2) is 8.37. The molecular formula is C15H25N3O4S2. The van der Waals surface area contributed by atoms with E-state index in [9.17, 15) is 13.2 Å². The summed E-state index contributed by atoms with van der Waals surface area (Å²) in [6.45, 7) is 2.53. The van der Waals surface area contributed by atoms with E-state index in [2.05, 4.69) is 15.0 Å². The smallest absolute Gasteiger partial charge is 0.223 e. The summed E-state index contributed by atoms with van der Waals surface area (Å²) in [5.41, 5.74) is 2.81. The van der Waals surface area contributed by atoms with Crippen LogP contribution in [0.5, 0.6) is 0 Å². The molecule has 2 N–H and O–H groups in total. The number of thiazole rings is 1. The van der Waals surface area contributed by atoms with Gasteiger partial charge in [-0.15, -0.1) is 11.3 Å². The summed E-state index contributed by atoms with van der Waals surface area (Å²) in [6, 6.07) is -0.363. The predicted molar refractivity (Wildman–Crippen MR) is 93.5 cm³/mol. The fourth-order valence-electron chi connectivity index (χ4n) is 3.07. The molecule has 3 atom stereocenters. The lowest BCUT2D eigenvalue weighted by Crippen LogP contribution is -2.50. The van der Waals surface area contributed by atoms with Gasteiger partial charge in [-0.05, 0) is 26.2 Å². The van der Waals surface area contributed by atoms with E-state index in [0.29, 0.717) is 25.8 Å². The summed E-state index contributed by atoms with van der Waals surface area (Å²) in [6.07, 6.45) is 3.52. The first-order valence-corrected chi connectivity index (χ1v) is 10.7. The lowest BCUT2D eigenvalue weighted by molar-refractivity contribution is -0.127. The number of nitrogens with zero attached hydrogens (tertiary/aromatic N) is 1. The number of rotatable bonds is 7. The first-order chi connectivity index (χ1) is 11.3. The van der Waals surface area contributed by atoms with Gasteiger partial charge in [-0.3, -0.25) is 4.79 Å². The number of nitrogens with one attached hydrogen (secondary N) is 2. The Morgan fingerprint density at radius 2 is 2.21 bits per heavy atom. The third-order valence-corrected chi connectivity index (χ3v) is 6.05. The molecule has 2 rings (SSSR count). The Balaban J connectivity index is 1.86. The molecule has 24 heavy (non-hydrogen) atoms. The molecule has 0 radical (unpaired) electrons. The van der Waals surface area contributed by atoms with Crippen LogP contribution in [0.15, 0.2) is 5.51 Å². The number of methoxy groups -OCH3 is 1. The molecule has 0 unspecified atom stereocenters. The molecule has 1 saturated carbocycles. The van der Waals surface area contributed by atoms with Crippen LogP contribution >= 0.6 is 11.3 Å². The van der Waals surface area contributed by atoms with Crippen LogP contribution in [0.25, 0.3) is 0 Å². The minimum atomic E-state index is -3.33. The fourth-order valence-corrected chi connectivity index (χ4v) is 4.65. The minimum absolute atomic E-state index is 0.0213. The fraction of sp³-hybridized carbons (Fsp3) is 0.733. The molecule has 1 aliphatic rings. The normalized spacial score (nSPS) is 24.7. The molecule has 1 fully saturated rings. The number of amides is 1. The molecule has 9 heteroatoms. The standard InChI is InChI=1S/C15H25N3O4S2/c1-10-14(23-9-17-10)6-7-16-15(19)11-4-5-13(22-2)12(8-11)18-24(3,20)21/h9,11-13,18H,4-8H2,1-3H3,(H,16,19)/t11-,12+,13+/m0/s1. The Morgan fingerprint density at radius 3 is 2.79 bits per heavy atom. The van der Waals surface area contributed by atoms with Gasteiger partial charge in [0.15, 0.2) is 0 Å². The van der Waals surface area contributed by atoms with E-state index in [0.717, 1.165) is 18.4 Å². The summed E-state index contributed by atoms with van der Waals surface area (Å²) in [5, 5.41) is 2.96. The van der Waals surface area contributed by atoms with Crippen LogP contribution in [0.1, 0.15) is 29.8 Å². The number of hydrogen-bond acceptors (Lipinski definition) is 6. The van der Waals surface area contributed by atoms with E-state index in [-0.39, 0.29) is 24.0 Å². The molecule has 1 amide bonds. The van der Waals surface area contributed by atoms with Crippen molar-refractivity contribution < 1.29 is 17.9 Å². The molecule has 0 bridgehead atoms. The van der Waals surface area contributed by atoms with Gasteiger partial charge in [0.25, 0.3) is 0 Å². The van der Waals surface area contributed by atoms with Gasteiger partial charge in [0, 0.05) is 36.9 Å². The molecule has 0 aliphatic heterocycles. The molecule has 0 saturated heterocycles. The number of sulfonamides is 1. The molecular weight excluding hydrogens is 350 g/mol. The topological polar surface area (TPSA) is 97.4 Å². The van der Waals surface area contributed by atoms with Crippen molar-refractivity contribution >= 4 is 27.3 Å². The Hall–Kier alpha value is -1.03. The molecule has 1 aliphatic carbocycles. The lowest BCUT2D eigenvalue weighted by Gasteiger charge is -2.34. The average Bonchev–Trinajstić information content (AvgIpc) is 2.91. The van der Waals surface area contributed by atoms with Gasteiger partial charge in [-0.1, -0.05) is 0 Å². The number of aryl methyl sites for hydroxylation is 1. The van der Waals surface area contributed by atoms with E-state index >= 15 is 0 Å². The second-order valence-electron chi connectivity index (χ2n) is 6.18. The highest BCUT2D eigenvalue weighted by molar-refractivity contribution is 7.88. The Kier molecular flexibility index (Phi) is 6.73. The summed E-state index contributed by atoms with van der Waals surface area (Å²) >= 11 is 1.59. The highest BCUT2D eigenvalue weighted by atomic mass is 32.2. The SMILES string of the molecule is CO[C@@H]1CC[C@H](C(=O)NCCc2scnc2C)C[C@H]1NS(C)(=O)=O. The summed E-state index contributed by atoms with van der Waals surface area (Å²) < 4.78 is 30.9. The number of carbonyl (C=O) groups is 1. The Bertz CT molecular complexity index is 659. The van der Waals surface area contributed by atoms with Gasteiger partial charge < -0.3 is 10.1 Å². The molecule has 0 spiro atoms. The van der Waals surface area contributed by atoms with E-state index in [4.69, 9.17) is 4.74 Å². The van der Waals surface area contributed by atoms with Crippen molar-refractivity contribution in [2.75, 3.05) is 19.9 Å². The summed E-state index contributed by atoms with van der Waals surface area (Å²) in [7, 11) is -1.77. The average molecular weight is 376 g/mol. The van der Waals surface area contributed by atoms with E-state index < -0.39 is 10.0 Å². The second-order valence-corrected chi connectivity index (χ2v) is 8.90. The first-order valence-electron chi connectivity index (χ1n) is 7.97. The van der Waals surface area contributed by atoms with E-state index in [1.807, 2.05) is 6.92 Å². The predicted octanol–water partition coefficient (Wildman–Crippen LogP) is 0.843. The van der Waals surface area contributed by atoms with Crippen LogP contribution in [-0.2, 0) is 26.0 Å². The van der Waals surface area contributed by atoms with Gasteiger partial charge in [-0.2, -0.15) is 0 Å². The highest BCUT2D eigenvalue weighted by Crippen LogP contribution is 2.27. The van der Waals surface area contributed by atoms with Crippen molar-refractivity contribution in [2.45, 2.75) is 44.8 Å². The first kappa shape index (κ1) is 19.3. The maximum absolute atomic E-state index is 12.4. The van der Waals surface area contributed by atoms with Crippen LogP contribution in [0.2, 0.25) is 0 Å². The molecule has 0 aromatic carbocycles. The zero-order valence-electron chi connectivity index (χ0n) is 14.2. The minimum Gasteiger partial charge on any atom is -0.380 e. The van der Waals surface area contributed by atoms with Gasteiger partial charge in [0.2, 0.25) is 15.9 Å². The third kappa shape index (κ3) is 5.51. The van der Waals surface area contributed by atoms with Crippen molar-refractivity contribution in [3.8, 4) is 0 Å². The Labute approximate surface area is 147 Å². The number of carbonyl (C=O) groups excluding carboxylic acids is 1. The van der Waals surface area contributed by atoms with Crippen LogP contribution < -0.4 is 10.0 Å². The highest BCUT2D eigenvalue weighted by Gasteiger charge is 2.35. The molecule has 1 aromatic rings. The molecule has 1 aromatic heterocycles. The third-order valence-electron chi connectivity index (χ3n) is 4.32. The molecule has 1 heterocycles. The van der Waals surface area contributed by atoms with Crippen molar-refractivity contribution in [1.82, 2.24) is 15.0 Å². The quantitative estimate of drug-likeness (QED) is 0.736. The molecule has 7 nitrogen and oxygen atoms in total. The zero-order chi connectivity index (χ0) is 17.7. The van der Waals surface area contributed by atoms with Gasteiger partial charge in [0.05, 0.1) is 23.6 Å². The number of aromatic nitrogens is 1. The maximum Gasteiger partial charge on any atom is 0.223 e. The van der Waals surface area contributed by atoms with Crippen molar-refractivity contribution in [2.24, 2.45) is 5.92 Å². The molecule has 136 valence electrons. The van der Waals surface area contributed by atoms with Crippen LogP contribution in [-0.4, -0.2) is 51.4 Å². The van der Waals surface area contributed by atoms with Crippen LogP contribution in [0.3, 0.4) is 0 Å². The summed E-state index contributed by atoms with van der Waals surface area (Å²) in [5.74, 6) is -0.217. The number of ether oxygens (including phenoxy) is 1. The van der Waals surface area contributed by atoms with Crippen LogP contribution in [0, 0.1) is 12.8 Å². The largest absolute Gasteiger partial charge is 0.380 e. The monoisotopic (exact) mass is 375 g/mol. The van der Waals surface area contributed by atoms with Gasteiger partial charge in [-0.25, -0.2) is 18.1 Å². The van der Waals surface area contributed by atoms with Crippen molar-refractivity contribution in [1.29, 1.82) is 0 Å². The van der Waals surface area contributed by atoms with Gasteiger partial charge in [0.1, 0.15) is 0 Å². The summed E-state index contributed by atoms with van der Waals surface area (Å²) in [4.78, 5) is 17.7.